The van der Waals surface area contributed by atoms with Crippen LogP contribution in [0.1, 0.15) is 23.6 Å². The molecule has 1 aromatic carbocycles. The number of halogens is 3. The number of hydrogen-bond donors (Lipinski definition) is 0. The van der Waals surface area contributed by atoms with Gasteiger partial charge in [0, 0.05) is 5.56 Å². The first-order chi connectivity index (χ1) is 14.4. The number of carbonyl (C=O) groups excluding carboxylic acids is 2. The van der Waals surface area contributed by atoms with E-state index in [4.69, 9.17) is 4.74 Å². The van der Waals surface area contributed by atoms with Gasteiger partial charge in [-0.25, -0.2) is 9.59 Å². The minimum Gasteiger partial charge on any atom is -0.475 e. The highest BCUT2D eigenvalue weighted by Gasteiger charge is 2.49. The summed E-state index contributed by atoms with van der Waals surface area (Å²) in [4.78, 5) is 37.7. The van der Waals surface area contributed by atoms with E-state index in [1.165, 1.54) is 6.92 Å². The molecule has 2 unspecified atom stereocenters. The first-order valence-corrected chi connectivity index (χ1v) is 8.72. The number of fused-ring (bicyclic) bond motifs is 1. The summed E-state index contributed by atoms with van der Waals surface area (Å²) in [6, 6.07) is 3.19. The monoisotopic (exact) mass is 449 g/mol. The smallest absolute Gasteiger partial charge is 0.475 e. The zero-order valence-electron chi connectivity index (χ0n) is 16.6. The number of rotatable bonds is 7. The predicted molar refractivity (Wildman–Crippen MR) is 95.3 cm³/mol. The largest absolute Gasteiger partial charge is 0.511 e. The van der Waals surface area contributed by atoms with E-state index < -0.39 is 54.6 Å². The van der Waals surface area contributed by atoms with Gasteiger partial charge in [0.15, 0.2) is 0 Å². The Morgan fingerprint density at radius 3 is 2.55 bits per heavy atom. The molecule has 2 rings (SSSR count). The lowest BCUT2D eigenvalue weighted by Gasteiger charge is -2.29. The Balaban J connectivity index is 2.04. The van der Waals surface area contributed by atoms with E-state index in [-0.39, 0.29) is 11.3 Å². The van der Waals surface area contributed by atoms with Crippen LogP contribution in [0.2, 0.25) is 0 Å². The molecule has 0 spiro atoms. The van der Waals surface area contributed by atoms with Crippen molar-refractivity contribution < 1.29 is 51.6 Å². The molecule has 1 aromatic rings. The molecular formula is C18H18F3NO9. The number of aryl methyl sites for hydroxylation is 2. The van der Waals surface area contributed by atoms with E-state index in [1.807, 2.05) is 0 Å². The third-order valence-corrected chi connectivity index (χ3v) is 3.89. The highest BCUT2D eigenvalue weighted by molar-refractivity contribution is 5.96. The highest BCUT2D eigenvalue weighted by Crippen LogP contribution is 2.39. The molecule has 170 valence electrons. The van der Waals surface area contributed by atoms with Crippen molar-refractivity contribution in [1.29, 1.82) is 0 Å². The second kappa shape index (κ2) is 9.53. The van der Waals surface area contributed by atoms with E-state index in [0.717, 1.165) is 11.6 Å². The predicted octanol–water partition coefficient (Wildman–Crippen LogP) is 3.26. The average Bonchev–Trinajstić information content (AvgIpc) is 2.64. The minimum absolute atomic E-state index is 0.00441. The molecule has 0 amide bonds. The van der Waals surface area contributed by atoms with Crippen LogP contribution in [0.3, 0.4) is 0 Å². The maximum Gasteiger partial charge on any atom is 0.511 e. The zero-order valence-corrected chi connectivity index (χ0v) is 16.6. The van der Waals surface area contributed by atoms with Crippen molar-refractivity contribution in [3.63, 3.8) is 0 Å². The quantitative estimate of drug-likeness (QED) is 0.267. The lowest BCUT2D eigenvalue weighted by molar-refractivity contribution is -0.759. The van der Waals surface area contributed by atoms with E-state index in [1.54, 1.807) is 26.0 Å². The van der Waals surface area contributed by atoms with Crippen molar-refractivity contribution in [1.82, 2.24) is 0 Å². The van der Waals surface area contributed by atoms with Crippen LogP contribution in [-0.2, 0) is 23.8 Å². The zero-order chi connectivity index (χ0) is 23.3. The molecule has 1 heterocycles. The summed E-state index contributed by atoms with van der Waals surface area (Å²) >= 11 is 0. The normalized spacial score (nSPS) is 16.2. The van der Waals surface area contributed by atoms with Gasteiger partial charge in [0.2, 0.25) is 12.9 Å². The summed E-state index contributed by atoms with van der Waals surface area (Å²) in [5.74, 6) is -1.42. The van der Waals surface area contributed by atoms with Crippen molar-refractivity contribution in [2.24, 2.45) is 0 Å². The van der Waals surface area contributed by atoms with E-state index in [9.17, 15) is 32.9 Å². The van der Waals surface area contributed by atoms with Gasteiger partial charge in [-0.2, -0.15) is 13.2 Å². The molecule has 10 nitrogen and oxygen atoms in total. The molecule has 1 aliphatic heterocycles. The fourth-order valence-corrected chi connectivity index (χ4v) is 2.70. The lowest BCUT2D eigenvalue weighted by Crippen LogP contribution is -2.41. The Morgan fingerprint density at radius 2 is 1.94 bits per heavy atom. The van der Waals surface area contributed by atoms with Crippen LogP contribution in [0.15, 0.2) is 17.7 Å². The molecule has 0 saturated carbocycles. The molecule has 0 radical (unpaired) electrons. The second-order valence-corrected chi connectivity index (χ2v) is 6.53. The van der Waals surface area contributed by atoms with Crippen molar-refractivity contribution in [3.8, 4) is 5.75 Å². The number of esters is 1. The van der Waals surface area contributed by atoms with E-state index >= 15 is 0 Å². The molecule has 2 atom stereocenters. The molecule has 0 N–H and O–H groups in total. The van der Waals surface area contributed by atoms with Crippen molar-refractivity contribution >= 4 is 18.2 Å². The van der Waals surface area contributed by atoms with Gasteiger partial charge in [0.1, 0.15) is 18.5 Å². The molecule has 0 saturated heterocycles. The second-order valence-electron chi connectivity index (χ2n) is 6.53. The Bertz CT molecular complexity index is 898. The van der Waals surface area contributed by atoms with Crippen LogP contribution in [0.25, 0.3) is 6.08 Å². The third-order valence-electron chi connectivity index (χ3n) is 3.89. The molecule has 1 aliphatic rings. The number of benzene rings is 1. The van der Waals surface area contributed by atoms with Crippen molar-refractivity contribution in [3.05, 3.63) is 44.5 Å². The Kier molecular flexibility index (Phi) is 7.31. The number of nitrogens with zero attached hydrogens (tertiary/aromatic N) is 1. The lowest BCUT2D eigenvalue weighted by atomic mass is 9.97. The van der Waals surface area contributed by atoms with E-state index in [0.29, 0.717) is 5.56 Å². The summed E-state index contributed by atoms with van der Waals surface area (Å²) < 4.78 is 59.0. The Morgan fingerprint density at radius 1 is 1.26 bits per heavy atom. The van der Waals surface area contributed by atoms with Gasteiger partial charge in [-0.1, -0.05) is 11.6 Å². The summed E-state index contributed by atoms with van der Waals surface area (Å²) in [5.41, 5.74) is 0.657. The van der Waals surface area contributed by atoms with Crippen LogP contribution in [0, 0.1) is 24.0 Å². The first kappa shape index (κ1) is 23.8. The fraction of sp³-hybridized carbons (Fsp3) is 0.444. The maximum absolute atomic E-state index is 13.4. The molecule has 0 bridgehead atoms. The Labute approximate surface area is 173 Å². The number of hydrogen-bond acceptors (Lipinski definition) is 9. The standard InChI is InChI=1S/C18H18F3NO9/c1-9-4-10(2)14-12(5-9)6-13(15(31-14)18(19,20)21)16(23)27-8-28-17(24)30-11(3)7-29-22(25)26/h4-6,11,15H,7-8H2,1-3H3. The molecule has 13 heteroatoms. The SMILES string of the molecule is Cc1cc(C)c2c(c1)C=C(C(=O)OCOC(=O)OC(C)CO[N+](=O)[O-])C(C(F)(F)F)O2. The third kappa shape index (κ3) is 6.49. The fourth-order valence-electron chi connectivity index (χ4n) is 2.70. The van der Waals surface area contributed by atoms with Crippen molar-refractivity contribution in [2.75, 3.05) is 13.4 Å². The summed E-state index contributed by atoms with van der Waals surface area (Å²) in [5, 5.41) is 8.96. The van der Waals surface area contributed by atoms with Crippen LogP contribution in [0.5, 0.6) is 5.75 Å². The average molecular weight is 449 g/mol. The summed E-state index contributed by atoms with van der Waals surface area (Å²) in [6.07, 6.45) is -8.91. The molecule has 0 aromatic heterocycles. The number of ether oxygens (including phenoxy) is 4. The van der Waals surface area contributed by atoms with Gasteiger partial charge in [-0.3, -0.25) is 0 Å². The molecule has 0 aliphatic carbocycles. The maximum atomic E-state index is 13.4. The first-order valence-electron chi connectivity index (χ1n) is 8.72. The van der Waals surface area contributed by atoms with Gasteiger partial charge < -0.3 is 23.8 Å². The van der Waals surface area contributed by atoms with Gasteiger partial charge >= 0.3 is 18.3 Å². The van der Waals surface area contributed by atoms with Gasteiger partial charge in [-0.15, -0.1) is 10.1 Å². The van der Waals surface area contributed by atoms with Gasteiger partial charge in [0.05, 0.1) is 5.57 Å². The summed E-state index contributed by atoms with van der Waals surface area (Å²) in [7, 11) is 0. The van der Waals surface area contributed by atoms with Crippen LogP contribution < -0.4 is 4.74 Å². The number of carbonyl (C=O) groups is 2. The van der Waals surface area contributed by atoms with Crippen molar-refractivity contribution in [2.45, 2.75) is 39.2 Å². The van der Waals surface area contributed by atoms with Crippen LogP contribution >= 0.6 is 0 Å². The highest BCUT2D eigenvalue weighted by atomic mass is 19.4. The molecule has 31 heavy (non-hydrogen) atoms. The van der Waals surface area contributed by atoms with E-state index in [2.05, 4.69) is 19.0 Å². The summed E-state index contributed by atoms with van der Waals surface area (Å²) in [6.45, 7) is 2.94. The number of alkyl halides is 3. The molecule has 0 fully saturated rings. The van der Waals surface area contributed by atoms with Crippen LogP contribution in [-0.4, -0.2) is 49.0 Å². The topological polar surface area (TPSA) is 123 Å². The van der Waals surface area contributed by atoms with Gasteiger partial charge in [-0.05, 0) is 38.5 Å². The van der Waals surface area contributed by atoms with Crippen LogP contribution in [0.4, 0.5) is 18.0 Å². The minimum atomic E-state index is -4.91. The Hall–Kier alpha value is -3.51. The van der Waals surface area contributed by atoms with Gasteiger partial charge in [0.25, 0.3) is 5.09 Å². The molecular weight excluding hydrogens is 431 g/mol.